The van der Waals surface area contributed by atoms with Crippen LogP contribution < -0.4 is 5.32 Å². The third-order valence-electron chi connectivity index (χ3n) is 4.73. The number of hydrogen-bond donors (Lipinski definition) is 1. The van der Waals surface area contributed by atoms with Gasteiger partial charge in [-0.15, -0.1) is 0 Å². The van der Waals surface area contributed by atoms with Gasteiger partial charge in [0.05, 0.1) is 0 Å². The Kier molecular flexibility index (Phi) is 2.87. The summed E-state index contributed by atoms with van der Waals surface area (Å²) < 4.78 is 0. The largest absolute Gasteiger partial charge is 0.340 e. The van der Waals surface area contributed by atoms with Gasteiger partial charge in [0, 0.05) is 19.6 Å². The summed E-state index contributed by atoms with van der Waals surface area (Å²) in [6.45, 7) is 4.95. The smallest absolute Gasteiger partial charge is 0.243 e. The van der Waals surface area contributed by atoms with E-state index >= 15 is 0 Å². The zero-order valence-corrected chi connectivity index (χ0v) is 10.7. The van der Waals surface area contributed by atoms with Crippen LogP contribution in [0.1, 0.15) is 25.7 Å². The molecule has 2 aliphatic heterocycles. The van der Waals surface area contributed by atoms with Crippen molar-refractivity contribution in [3.8, 4) is 0 Å². The second-order valence-electron chi connectivity index (χ2n) is 5.90. The lowest BCUT2D eigenvalue weighted by molar-refractivity contribution is -0.152. The molecular formula is C13H23N3O. The SMILES string of the molecule is CN1CCN(CC2CC2)C(=O)C12CCNCC2. The summed E-state index contributed by atoms with van der Waals surface area (Å²) in [6.07, 6.45) is 4.61. The van der Waals surface area contributed by atoms with Gasteiger partial charge >= 0.3 is 0 Å². The minimum Gasteiger partial charge on any atom is -0.340 e. The molecule has 1 N–H and O–H groups in total. The van der Waals surface area contributed by atoms with Crippen molar-refractivity contribution in [2.24, 2.45) is 5.92 Å². The van der Waals surface area contributed by atoms with Crippen LogP contribution in [0.25, 0.3) is 0 Å². The fourth-order valence-corrected chi connectivity index (χ4v) is 3.27. The molecule has 96 valence electrons. The highest BCUT2D eigenvalue weighted by atomic mass is 16.2. The Morgan fingerprint density at radius 1 is 1.29 bits per heavy atom. The number of likely N-dealkylation sites (N-methyl/N-ethyl adjacent to an activating group) is 1. The quantitative estimate of drug-likeness (QED) is 0.750. The first-order valence-corrected chi connectivity index (χ1v) is 6.94. The normalized spacial score (nSPS) is 29.9. The van der Waals surface area contributed by atoms with Crippen LogP contribution in [0.3, 0.4) is 0 Å². The lowest BCUT2D eigenvalue weighted by Crippen LogP contribution is -2.67. The van der Waals surface area contributed by atoms with Gasteiger partial charge in [-0.2, -0.15) is 0 Å². The number of rotatable bonds is 2. The van der Waals surface area contributed by atoms with Crippen LogP contribution in [0.15, 0.2) is 0 Å². The Labute approximate surface area is 103 Å². The minimum absolute atomic E-state index is 0.182. The molecule has 3 fully saturated rings. The fourth-order valence-electron chi connectivity index (χ4n) is 3.27. The van der Waals surface area contributed by atoms with E-state index in [2.05, 4.69) is 22.2 Å². The molecule has 17 heavy (non-hydrogen) atoms. The number of nitrogens with zero attached hydrogens (tertiary/aromatic N) is 2. The van der Waals surface area contributed by atoms with Gasteiger partial charge in [-0.05, 0) is 51.7 Å². The van der Waals surface area contributed by atoms with Crippen LogP contribution in [0, 0.1) is 5.92 Å². The highest BCUT2D eigenvalue weighted by molar-refractivity contribution is 5.87. The topological polar surface area (TPSA) is 35.6 Å². The molecule has 0 unspecified atom stereocenters. The van der Waals surface area contributed by atoms with Crippen molar-refractivity contribution < 1.29 is 4.79 Å². The molecule has 0 bridgehead atoms. The molecule has 3 aliphatic rings. The maximum absolute atomic E-state index is 12.7. The fraction of sp³-hybridized carbons (Fsp3) is 0.923. The Hall–Kier alpha value is -0.610. The van der Waals surface area contributed by atoms with Gasteiger partial charge in [0.2, 0.25) is 5.91 Å². The molecule has 1 amide bonds. The number of carbonyl (C=O) groups is 1. The predicted molar refractivity (Wildman–Crippen MR) is 66.8 cm³/mol. The van der Waals surface area contributed by atoms with Crippen LogP contribution in [0.2, 0.25) is 0 Å². The molecule has 1 saturated carbocycles. The van der Waals surface area contributed by atoms with E-state index in [1.165, 1.54) is 12.8 Å². The van der Waals surface area contributed by atoms with Crippen molar-refractivity contribution in [3.63, 3.8) is 0 Å². The number of amides is 1. The van der Waals surface area contributed by atoms with Crippen molar-refractivity contribution in [1.29, 1.82) is 0 Å². The number of carbonyl (C=O) groups excluding carboxylic acids is 1. The number of hydrogen-bond acceptors (Lipinski definition) is 3. The number of piperazine rings is 1. The average molecular weight is 237 g/mol. The predicted octanol–water partition coefficient (Wildman–Crippen LogP) is 0.293. The Morgan fingerprint density at radius 3 is 2.65 bits per heavy atom. The number of piperidine rings is 1. The van der Waals surface area contributed by atoms with E-state index in [4.69, 9.17) is 0 Å². The molecule has 3 rings (SSSR count). The Balaban J connectivity index is 1.76. The van der Waals surface area contributed by atoms with E-state index in [0.29, 0.717) is 5.91 Å². The molecule has 0 aromatic rings. The van der Waals surface area contributed by atoms with Crippen LogP contribution in [0.5, 0.6) is 0 Å². The van der Waals surface area contributed by atoms with E-state index in [1.54, 1.807) is 0 Å². The molecular weight excluding hydrogens is 214 g/mol. The Morgan fingerprint density at radius 2 is 2.00 bits per heavy atom. The molecule has 0 aromatic carbocycles. The van der Waals surface area contributed by atoms with E-state index < -0.39 is 0 Å². The highest BCUT2D eigenvalue weighted by Crippen LogP contribution is 2.34. The first-order valence-electron chi connectivity index (χ1n) is 6.94. The molecule has 0 atom stereocenters. The molecule has 4 heteroatoms. The van der Waals surface area contributed by atoms with Crippen molar-refractivity contribution in [3.05, 3.63) is 0 Å². The summed E-state index contributed by atoms with van der Waals surface area (Å²) >= 11 is 0. The molecule has 1 aliphatic carbocycles. The molecule has 0 radical (unpaired) electrons. The van der Waals surface area contributed by atoms with Crippen LogP contribution in [-0.2, 0) is 4.79 Å². The van der Waals surface area contributed by atoms with Crippen LogP contribution >= 0.6 is 0 Å². The summed E-state index contributed by atoms with van der Waals surface area (Å²) in [4.78, 5) is 17.2. The van der Waals surface area contributed by atoms with E-state index in [-0.39, 0.29) is 5.54 Å². The van der Waals surface area contributed by atoms with Gasteiger partial charge in [0.1, 0.15) is 5.54 Å². The maximum atomic E-state index is 12.7. The zero-order valence-electron chi connectivity index (χ0n) is 10.7. The molecule has 2 saturated heterocycles. The van der Waals surface area contributed by atoms with Gasteiger partial charge in [-0.3, -0.25) is 9.69 Å². The summed E-state index contributed by atoms with van der Waals surface area (Å²) in [7, 11) is 2.12. The van der Waals surface area contributed by atoms with Gasteiger partial charge in [-0.1, -0.05) is 0 Å². The van der Waals surface area contributed by atoms with Gasteiger partial charge < -0.3 is 10.2 Å². The molecule has 1 spiro atoms. The van der Waals surface area contributed by atoms with Gasteiger partial charge in [0.25, 0.3) is 0 Å². The standard InChI is InChI=1S/C13H23N3O/c1-15-8-9-16(10-11-2-3-11)12(17)13(15)4-6-14-7-5-13/h11,14H,2-10H2,1H3. The second-order valence-corrected chi connectivity index (χ2v) is 5.90. The lowest BCUT2D eigenvalue weighted by atomic mass is 9.83. The summed E-state index contributed by atoms with van der Waals surface area (Å²) in [5.41, 5.74) is -0.182. The third-order valence-corrected chi connectivity index (χ3v) is 4.73. The molecule has 2 heterocycles. The van der Waals surface area contributed by atoms with Crippen LogP contribution in [-0.4, -0.2) is 61.0 Å². The first-order chi connectivity index (χ1) is 8.22. The van der Waals surface area contributed by atoms with Gasteiger partial charge in [-0.25, -0.2) is 0 Å². The summed E-state index contributed by atoms with van der Waals surface area (Å²) in [5.74, 6) is 1.21. The van der Waals surface area contributed by atoms with Crippen molar-refractivity contribution >= 4 is 5.91 Å². The zero-order chi connectivity index (χ0) is 11.9. The van der Waals surface area contributed by atoms with Crippen LogP contribution in [0.4, 0.5) is 0 Å². The van der Waals surface area contributed by atoms with E-state index in [0.717, 1.165) is 51.5 Å². The van der Waals surface area contributed by atoms with Crippen molar-refractivity contribution in [2.45, 2.75) is 31.2 Å². The Bertz CT molecular complexity index is 308. The summed E-state index contributed by atoms with van der Waals surface area (Å²) in [5, 5.41) is 3.37. The average Bonchev–Trinajstić information content (AvgIpc) is 3.16. The lowest BCUT2D eigenvalue weighted by Gasteiger charge is -2.50. The van der Waals surface area contributed by atoms with Gasteiger partial charge in [0.15, 0.2) is 0 Å². The van der Waals surface area contributed by atoms with Crippen molar-refractivity contribution in [1.82, 2.24) is 15.1 Å². The number of nitrogens with one attached hydrogen (secondary N) is 1. The first kappa shape index (κ1) is 11.5. The third kappa shape index (κ3) is 1.97. The highest BCUT2D eigenvalue weighted by Gasteiger charge is 2.48. The monoisotopic (exact) mass is 237 g/mol. The van der Waals surface area contributed by atoms with E-state index in [1.807, 2.05) is 0 Å². The summed E-state index contributed by atoms with van der Waals surface area (Å²) in [6, 6.07) is 0. The molecule has 0 aromatic heterocycles. The minimum atomic E-state index is -0.182. The van der Waals surface area contributed by atoms with E-state index in [9.17, 15) is 4.79 Å². The molecule has 4 nitrogen and oxygen atoms in total. The van der Waals surface area contributed by atoms with Crippen molar-refractivity contribution in [2.75, 3.05) is 39.8 Å². The maximum Gasteiger partial charge on any atom is 0.243 e. The second kappa shape index (κ2) is 4.25.